The van der Waals surface area contributed by atoms with Crippen molar-refractivity contribution in [2.75, 3.05) is 0 Å². The van der Waals surface area contributed by atoms with Crippen LogP contribution in [0.1, 0.15) is 25.7 Å². The van der Waals surface area contributed by atoms with Gasteiger partial charge >= 0.3 is 12.1 Å². The molecule has 2 nitrogen and oxygen atoms in total. The SMILES string of the molecule is O=C(F)[C@@H]1CCCC[C@H]1C(=O)F. The molecule has 0 aromatic carbocycles. The van der Waals surface area contributed by atoms with Crippen LogP contribution in [-0.2, 0) is 9.59 Å². The molecule has 2 atom stereocenters. The fourth-order valence-electron chi connectivity index (χ4n) is 1.67. The molecule has 0 aromatic rings. The Kier molecular flexibility index (Phi) is 2.89. The topological polar surface area (TPSA) is 34.1 Å². The highest BCUT2D eigenvalue weighted by Gasteiger charge is 2.35. The van der Waals surface area contributed by atoms with E-state index in [-0.39, 0.29) is 0 Å². The van der Waals surface area contributed by atoms with E-state index < -0.39 is 23.9 Å². The lowest BCUT2D eigenvalue weighted by Crippen LogP contribution is -2.29. The van der Waals surface area contributed by atoms with Crippen molar-refractivity contribution in [3.8, 4) is 0 Å². The Balaban J connectivity index is 2.67. The lowest BCUT2D eigenvalue weighted by Gasteiger charge is -2.23. The monoisotopic (exact) mass is 176 g/mol. The average molecular weight is 176 g/mol. The molecule has 0 spiro atoms. The number of halogens is 2. The first-order chi connectivity index (χ1) is 5.63. The maximum absolute atomic E-state index is 12.2. The van der Waals surface area contributed by atoms with E-state index in [2.05, 4.69) is 0 Å². The molecule has 1 rings (SSSR count). The molecule has 4 heteroatoms. The molecule has 68 valence electrons. The zero-order valence-corrected chi connectivity index (χ0v) is 6.56. The van der Waals surface area contributed by atoms with Crippen LogP contribution < -0.4 is 0 Å². The number of hydrogen-bond acceptors (Lipinski definition) is 2. The largest absolute Gasteiger partial charge is 0.305 e. The van der Waals surface area contributed by atoms with Crippen molar-refractivity contribution in [2.45, 2.75) is 25.7 Å². The minimum absolute atomic E-state index is 0.301. The molecule has 12 heavy (non-hydrogen) atoms. The second kappa shape index (κ2) is 3.74. The lowest BCUT2D eigenvalue weighted by atomic mass is 9.80. The van der Waals surface area contributed by atoms with Crippen molar-refractivity contribution >= 4 is 12.1 Å². The number of rotatable bonds is 2. The van der Waals surface area contributed by atoms with Gasteiger partial charge < -0.3 is 0 Å². The Morgan fingerprint density at radius 1 is 0.917 bits per heavy atom. The van der Waals surface area contributed by atoms with Crippen molar-refractivity contribution in [3.63, 3.8) is 0 Å². The third-order valence-electron chi connectivity index (χ3n) is 2.35. The van der Waals surface area contributed by atoms with E-state index in [1.54, 1.807) is 0 Å². The van der Waals surface area contributed by atoms with Gasteiger partial charge in [0.05, 0.1) is 11.8 Å². The van der Waals surface area contributed by atoms with Crippen molar-refractivity contribution in [1.82, 2.24) is 0 Å². The zero-order valence-electron chi connectivity index (χ0n) is 6.56. The highest BCUT2D eigenvalue weighted by molar-refractivity contribution is 5.81. The lowest BCUT2D eigenvalue weighted by molar-refractivity contribution is -0.146. The molecule has 1 aliphatic carbocycles. The Labute approximate surface area is 68.9 Å². The van der Waals surface area contributed by atoms with Crippen LogP contribution in [0.5, 0.6) is 0 Å². The second-order valence-electron chi connectivity index (χ2n) is 3.11. The van der Waals surface area contributed by atoms with E-state index in [0.29, 0.717) is 25.7 Å². The van der Waals surface area contributed by atoms with Gasteiger partial charge in [-0.2, -0.15) is 8.78 Å². The first-order valence-electron chi connectivity index (χ1n) is 4.01. The van der Waals surface area contributed by atoms with Gasteiger partial charge in [-0.25, -0.2) is 0 Å². The summed E-state index contributed by atoms with van der Waals surface area (Å²) in [4.78, 5) is 20.7. The summed E-state index contributed by atoms with van der Waals surface area (Å²) < 4.78 is 24.5. The second-order valence-corrected chi connectivity index (χ2v) is 3.11. The van der Waals surface area contributed by atoms with Crippen LogP contribution in [0.25, 0.3) is 0 Å². The third kappa shape index (κ3) is 1.87. The van der Waals surface area contributed by atoms with E-state index >= 15 is 0 Å². The first kappa shape index (κ1) is 9.29. The van der Waals surface area contributed by atoms with Gasteiger partial charge in [0.15, 0.2) is 0 Å². The van der Waals surface area contributed by atoms with Crippen LogP contribution in [-0.4, -0.2) is 12.1 Å². The van der Waals surface area contributed by atoms with E-state index in [1.165, 1.54) is 0 Å². The van der Waals surface area contributed by atoms with Crippen molar-refractivity contribution in [3.05, 3.63) is 0 Å². The van der Waals surface area contributed by atoms with Crippen molar-refractivity contribution in [1.29, 1.82) is 0 Å². The van der Waals surface area contributed by atoms with Gasteiger partial charge in [-0.05, 0) is 12.8 Å². The van der Waals surface area contributed by atoms with Gasteiger partial charge in [0.25, 0.3) is 0 Å². The highest BCUT2D eigenvalue weighted by Crippen LogP contribution is 2.31. The minimum atomic E-state index is -1.55. The van der Waals surface area contributed by atoms with Gasteiger partial charge in [-0.3, -0.25) is 9.59 Å². The summed E-state index contributed by atoms with van der Waals surface area (Å²) in [6.07, 6.45) is 2.00. The molecule has 0 bridgehead atoms. The standard InChI is InChI=1S/C8H10F2O2/c9-7(11)5-3-1-2-4-6(5)8(10)12/h5-6H,1-4H2/t5-,6-/m1/s1. The molecular weight excluding hydrogens is 166 g/mol. The molecular formula is C8H10F2O2. The summed E-state index contributed by atoms with van der Waals surface area (Å²) >= 11 is 0. The Morgan fingerprint density at radius 2 is 1.25 bits per heavy atom. The molecule has 0 aliphatic heterocycles. The zero-order chi connectivity index (χ0) is 9.14. The van der Waals surface area contributed by atoms with Crippen LogP contribution in [0.15, 0.2) is 0 Å². The van der Waals surface area contributed by atoms with E-state index in [4.69, 9.17) is 0 Å². The summed E-state index contributed by atoms with van der Waals surface area (Å²) in [5.41, 5.74) is 0. The Morgan fingerprint density at radius 3 is 1.50 bits per heavy atom. The van der Waals surface area contributed by atoms with E-state index in [9.17, 15) is 18.4 Å². The van der Waals surface area contributed by atoms with Crippen LogP contribution in [0.3, 0.4) is 0 Å². The summed E-state index contributed by atoms with van der Waals surface area (Å²) in [6, 6.07) is -3.10. The predicted molar refractivity (Wildman–Crippen MR) is 37.7 cm³/mol. The predicted octanol–water partition coefficient (Wildman–Crippen LogP) is 1.79. The van der Waals surface area contributed by atoms with Crippen LogP contribution in [0, 0.1) is 11.8 Å². The number of carbonyl (C=O) groups excluding carboxylic acids is 2. The van der Waals surface area contributed by atoms with Gasteiger partial charge in [0.2, 0.25) is 0 Å². The van der Waals surface area contributed by atoms with Crippen LogP contribution in [0.2, 0.25) is 0 Å². The van der Waals surface area contributed by atoms with Crippen LogP contribution >= 0.6 is 0 Å². The summed E-state index contributed by atoms with van der Waals surface area (Å²) in [6.45, 7) is 0. The normalized spacial score (nSPS) is 29.8. The van der Waals surface area contributed by atoms with Crippen molar-refractivity contribution < 1.29 is 18.4 Å². The molecule has 0 unspecified atom stereocenters. The molecule has 1 saturated carbocycles. The van der Waals surface area contributed by atoms with E-state index in [0.717, 1.165) is 0 Å². The summed E-state index contributed by atoms with van der Waals surface area (Å²) in [5, 5.41) is 0. The molecule has 0 amide bonds. The van der Waals surface area contributed by atoms with Gasteiger partial charge in [-0.1, -0.05) is 12.8 Å². The fraction of sp³-hybridized carbons (Fsp3) is 0.750. The molecule has 0 radical (unpaired) electrons. The minimum Gasteiger partial charge on any atom is -0.261 e. The molecule has 0 N–H and O–H groups in total. The summed E-state index contributed by atoms with van der Waals surface area (Å²) in [7, 11) is 0. The maximum atomic E-state index is 12.2. The number of hydrogen-bond donors (Lipinski definition) is 0. The molecule has 1 aliphatic rings. The van der Waals surface area contributed by atoms with Crippen LogP contribution in [0.4, 0.5) is 8.78 Å². The molecule has 0 aromatic heterocycles. The van der Waals surface area contributed by atoms with Gasteiger partial charge in [-0.15, -0.1) is 0 Å². The van der Waals surface area contributed by atoms with Gasteiger partial charge in [0.1, 0.15) is 0 Å². The fourth-order valence-corrected chi connectivity index (χ4v) is 1.67. The molecule has 1 fully saturated rings. The Bertz CT molecular complexity index is 181. The number of carbonyl (C=O) groups is 2. The highest BCUT2D eigenvalue weighted by atomic mass is 19.1. The van der Waals surface area contributed by atoms with Crippen molar-refractivity contribution in [2.24, 2.45) is 11.8 Å². The first-order valence-corrected chi connectivity index (χ1v) is 4.01. The molecule has 0 heterocycles. The Hall–Kier alpha value is -0.800. The third-order valence-corrected chi connectivity index (χ3v) is 2.35. The van der Waals surface area contributed by atoms with E-state index in [1.807, 2.05) is 0 Å². The molecule has 0 saturated heterocycles. The summed E-state index contributed by atoms with van der Waals surface area (Å²) in [5.74, 6) is -2.03. The average Bonchev–Trinajstić information content (AvgIpc) is 2.04. The van der Waals surface area contributed by atoms with Gasteiger partial charge in [0, 0.05) is 0 Å². The maximum Gasteiger partial charge on any atom is 0.305 e. The smallest absolute Gasteiger partial charge is 0.261 e. The quantitative estimate of drug-likeness (QED) is 0.601.